The van der Waals surface area contributed by atoms with Gasteiger partial charge in [0.15, 0.2) is 0 Å². The zero-order chi connectivity index (χ0) is 9.90. The number of nitrogens with two attached hydrogens (primary N) is 1. The first-order chi connectivity index (χ1) is 6.01. The molecule has 1 aromatic rings. The van der Waals surface area contributed by atoms with Crippen LogP contribution in [0.4, 0.5) is 0 Å². The molecule has 0 unspecified atom stereocenters. The SMILES string of the molecule is COc1ccc(OS(N)(=O)=O)cc1.[H-].[Na+]. The fourth-order valence-corrected chi connectivity index (χ4v) is 1.14. The van der Waals surface area contributed by atoms with Crippen molar-refractivity contribution in [1.82, 2.24) is 0 Å². The third kappa shape index (κ3) is 4.83. The minimum atomic E-state index is -3.94. The van der Waals surface area contributed by atoms with Gasteiger partial charge in [0.25, 0.3) is 0 Å². The average Bonchev–Trinajstić information content (AvgIpc) is 2.03. The molecule has 0 radical (unpaired) electrons. The van der Waals surface area contributed by atoms with Gasteiger partial charge < -0.3 is 10.3 Å². The summed E-state index contributed by atoms with van der Waals surface area (Å²) >= 11 is 0. The van der Waals surface area contributed by atoms with Gasteiger partial charge in [0.05, 0.1) is 7.11 Å². The van der Waals surface area contributed by atoms with Gasteiger partial charge in [0, 0.05) is 0 Å². The summed E-state index contributed by atoms with van der Waals surface area (Å²) in [6.45, 7) is 0. The Hall–Kier alpha value is -0.270. The van der Waals surface area contributed by atoms with Crippen molar-refractivity contribution < 1.29 is 48.3 Å². The number of benzene rings is 1. The maximum absolute atomic E-state index is 10.5. The molecule has 7 heteroatoms. The van der Waals surface area contributed by atoms with Crippen molar-refractivity contribution in [1.29, 1.82) is 0 Å². The molecule has 0 aromatic heterocycles. The van der Waals surface area contributed by atoms with Crippen LogP contribution in [0.1, 0.15) is 1.43 Å². The molecule has 0 spiro atoms. The average molecular weight is 227 g/mol. The Kier molecular flexibility index (Phi) is 5.46. The summed E-state index contributed by atoms with van der Waals surface area (Å²) in [6.07, 6.45) is 0. The fraction of sp³-hybridized carbons (Fsp3) is 0.143. The van der Waals surface area contributed by atoms with E-state index in [2.05, 4.69) is 9.32 Å². The number of hydrogen-bond acceptors (Lipinski definition) is 4. The van der Waals surface area contributed by atoms with E-state index in [1.165, 1.54) is 19.2 Å². The summed E-state index contributed by atoms with van der Waals surface area (Å²) in [7, 11) is -2.43. The van der Waals surface area contributed by atoms with E-state index in [4.69, 9.17) is 4.74 Å². The first kappa shape index (κ1) is 13.7. The molecule has 0 fully saturated rings. The largest absolute Gasteiger partial charge is 1.00 e. The molecule has 0 saturated carbocycles. The topological polar surface area (TPSA) is 78.6 Å². The zero-order valence-electron chi connectivity index (χ0n) is 8.93. The van der Waals surface area contributed by atoms with E-state index in [-0.39, 0.29) is 36.7 Å². The molecule has 2 N–H and O–H groups in total. The van der Waals surface area contributed by atoms with Crippen molar-refractivity contribution in [2.75, 3.05) is 7.11 Å². The van der Waals surface area contributed by atoms with Gasteiger partial charge in [-0.3, -0.25) is 0 Å². The van der Waals surface area contributed by atoms with Gasteiger partial charge in [-0.25, -0.2) is 0 Å². The second-order valence-corrected chi connectivity index (χ2v) is 3.40. The summed E-state index contributed by atoms with van der Waals surface area (Å²) in [5.41, 5.74) is 0. The first-order valence-corrected chi connectivity index (χ1v) is 4.84. The van der Waals surface area contributed by atoms with Crippen LogP contribution in [0, 0.1) is 0 Å². The third-order valence-corrected chi connectivity index (χ3v) is 1.70. The van der Waals surface area contributed by atoms with Crippen molar-refractivity contribution in [3.8, 4) is 11.5 Å². The van der Waals surface area contributed by atoms with Crippen LogP contribution in [0.15, 0.2) is 24.3 Å². The Morgan fingerprint density at radius 3 is 2.00 bits per heavy atom. The molecule has 1 aromatic carbocycles. The van der Waals surface area contributed by atoms with Gasteiger partial charge in [-0.1, -0.05) is 0 Å². The number of hydrogen-bond donors (Lipinski definition) is 1. The second-order valence-electron chi connectivity index (χ2n) is 2.25. The van der Waals surface area contributed by atoms with E-state index in [1.807, 2.05) is 0 Å². The van der Waals surface area contributed by atoms with Gasteiger partial charge in [0.1, 0.15) is 11.5 Å². The van der Waals surface area contributed by atoms with E-state index in [9.17, 15) is 8.42 Å². The molecule has 74 valence electrons. The monoisotopic (exact) mass is 227 g/mol. The summed E-state index contributed by atoms with van der Waals surface area (Å²) in [4.78, 5) is 0. The van der Waals surface area contributed by atoms with Gasteiger partial charge in [-0.05, 0) is 24.3 Å². The summed E-state index contributed by atoms with van der Waals surface area (Å²) in [5, 5.41) is 4.66. The molecule has 1 rings (SSSR count). The summed E-state index contributed by atoms with van der Waals surface area (Å²) < 4.78 is 30.2. The van der Waals surface area contributed by atoms with Gasteiger partial charge in [0.2, 0.25) is 0 Å². The van der Waals surface area contributed by atoms with Crippen molar-refractivity contribution in [3.63, 3.8) is 0 Å². The molecule has 0 amide bonds. The van der Waals surface area contributed by atoms with Crippen LogP contribution in [-0.2, 0) is 10.3 Å². The van der Waals surface area contributed by atoms with Crippen molar-refractivity contribution in [2.45, 2.75) is 0 Å². The predicted octanol–water partition coefficient (Wildman–Crippen LogP) is -2.61. The molecular weight excluding hydrogens is 217 g/mol. The summed E-state index contributed by atoms with van der Waals surface area (Å²) in [6, 6.07) is 6.04. The Balaban J connectivity index is 0. The van der Waals surface area contributed by atoms with Gasteiger partial charge in [-0.2, -0.15) is 13.6 Å². The van der Waals surface area contributed by atoms with Crippen LogP contribution in [-0.4, -0.2) is 15.5 Å². The van der Waals surface area contributed by atoms with Crippen molar-refractivity contribution in [3.05, 3.63) is 24.3 Å². The van der Waals surface area contributed by atoms with Crippen LogP contribution in [0.5, 0.6) is 11.5 Å². The molecule has 0 heterocycles. The Morgan fingerprint density at radius 1 is 1.21 bits per heavy atom. The van der Waals surface area contributed by atoms with E-state index in [0.29, 0.717) is 5.75 Å². The van der Waals surface area contributed by atoms with Crippen LogP contribution in [0.2, 0.25) is 0 Å². The maximum atomic E-state index is 10.5. The van der Waals surface area contributed by atoms with E-state index in [0.717, 1.165) is 0 Å². The van der Waals surface area contributed by atoms with Crippen LogP contribution >= 0.6 is 0 Å². The molecule has 0 saturated heterocycles. The second kappa shape index (κ2) is 5.57. The predicted molar refractivity (Wildman–Crippen MR) is 47.8 cm³/mol. The maximum Gasteiger partial charge on any atom is 1.00 e. The number of rotatable bonds is 3. The smallest absolute Gasteiger partial charge is 1.00 e. The van der Waals surface area contributed by atoms with Crippen LogP contribution < -0.4 is 43.6 Å². The van der Waals surface area contributed by atoms with E-state index < -0.39 is 10.3 Å². The van der Waals surface area contributed by atoms with Crippen molar-refractivity contribution in [2.24, 2.45) is 5.14 Å². The minimum Gasteiger partial charge on any atom is -1.00 e. The van der Waals surface area contributed by atoms with Gasteiger partial charge >= 0.3 is 39.9 Å². The Bertz CT molecular complexity index is 380. The number of ether oxygens (including phenoxy) is 1. The quantitative estimate of drug-likeness (QED) is 0.574. The molecule has 0 aliphatic rings. The summed E-state index contributed by atoms with van der Waals surface area (Å²) in [5.74, 6) is 0.769. The zero-order valence-corrected chi connectivity index (χ0v) is 10.7. The Labute approximate surface area is 106 Å². The molecule has 0 aliphatic carbocycles. The van der Waals surface area contributed by atoms with Gasteiger partial charge in [-0.15, -0.1) is 0 Å². The van der Waals surface area contributed by atoms with E-state index >= 15 is 0 Å². The molecule has 0 atom stereocenters. The van der Waals surface area contributed by atoms with Crippen LogP contribution in [0.25, 0.3) is 0 Å². The Morgan fingerprint density at radius 2 is 1.64 bits per heavy atom. The molecule has 0 aliphatic heterocycles. The molecule has 0 bridgehead atoms. The standard InChI is InChI=1S/C7H9NO4S.Na.H/c1-11-6-2-4-7(5-3-6)12-13(8,9)10;;/h2-5H,1H3,(H2,8,9,10);;/q;+1;-1. The fourth-order valence-electron chi connectivity index (χ4n) is 0.765. The van der Waals surface area contributed by atoms with Crippen molar-refractivity contribution >= 4 is 10.3 Å². The van der Waals surface area contributed by atoms with Crippen LogP contribution in [0.3, 0.4) is 0 Å². The normalized spacial score (nSPS) is 10.1. The molecular formula is C7H10NNaO4S. The molecule has 5 nitrogen and oxygen atoms in total. The van der Waals surface area contributed by atoms with E-state index in [1.54, 1.807) is 12.1 Å². The minimum absolute atomic E-state index is 0. The third-order valence-electron chi connectivity index (χ3n) is 1.27. The first-order valence-electron chi connectivity index (χ1n) is 3.37. The number of methoxy groups -OCH3 is 1. The molecule has 14 heavy (non-hydrogen) atoms.